The quantitative estimate of drug-likeness (QED) is 0.788. The van der Waals surface area contributed by atoms with Crippen molar-refractivity contribution in [1.82, 2.24) is 20.3 Å². The van der Waals surface area contributed by atoms with Crippen LogP contribution in [0.25, 0.3) is 0 Å². The van der Waals surface area contributed by atoms with Crippen molar-refractivity contribution in [3.05, 3.63) is 11.4 Å². The van der Waals surface area contributed by atoms with Crippen LogP contribution in [0.3, 0.4) is 0 Å². The first-order valence-corrected chi connectivity index (χ1v) is 6.19. The molecule has 5 nitrogen and oxygen atoms in total. The van der Waals surface area contributed by atoms with Gasteiger partial charge in [0.2, 0.25) is 0 Å². The minimum absolute atomic E-state index is 0.324. The number of hydrogen-bond donors (Lipinski definition) is 1. The predicted octanol–water partition coefficient (Wildman–Crippen LogP) is 1.72. The molecule has 1 rings (SSSR count). The van der Waals surface area contributed by atoms with Crippen LogP contribution in [0.4, 0.5) is 0 Å². The largest absolute Gasteiger partial charge is 0.385 e. The molecule has 0 fully saturated rings. The summed E-state index contributed by atoms with van der Waals surface area (Å²) in [4.78, 5) is 0. The first kappa shape index (κ1) is 14.1. The van der Waals surface area contributed by atoms with Crippen LogP contribution >= 0.6 is 0 Å². The van der Waals surface area contributed by atoms with Crippen molar-refractivity contribution in [2.24, 2.45) is 0 Å². The molecule has 0 aliphatic carbocycles. The Labute approximate surface area is 104 Å². The molecule has 1 aromatic rings. The van der Waals surface area contributed by atoms with Gasteiger partial charge >= 0.3 is 0 Å². The van der Waals surface area contributed by atoms with Crippen molar-refractivity contribution in [2.75, 3.05) is 20.8 Å². The van der Waals surface area contributed by atoms with E-state index in [2.05, 4.69) is 36.4 Å². The Morgan fingerprint density at radius 1 is 1.35 bits per heavy atom. The first-order chi connectivity index (χ1) is 8.11. The summed E-state index contributed by atoms with van der Waals surface area (Å²) in [5, 5.41) is 11.7. The van der Waals surface area contributed by atoms with Crippen molar-refractivity contribution in [3.63, 3.8) is 0 Å². The molecule has 1 N–H and O–H groups in total. The van der Waals surface area contributed by atoms with Crippen LogP contribution in [0.1, 0.15) is 50.5 Å². The van der Waals surface area contributed by atoms with Crippen LogP contribution in [0.5, 0.6) is 0 Å². The summed E-state index contributed by atoms with van der Waals surface area (Å²) in [5.41, 5.74) is 2.27. The van der Waals surface area contributed by atoms with E-state index < -0.39 is 0 Å². The molecule has 1 aromatic heterocycles. The number of hydrogen-bond acceptors (Lipinski definition) is 4. The SMILES string of the molecule is CNCc1nnn(C(C)CCOC)c1C(C)C. The number of ether oxygens (including phenoxy) is 1. The second kappa shape index (κ2) is 6.71. The molecule has 1 atom stereocenters. The minimum Gasteiger partial charge on any atom is -0.385 e. The zero-order chi connectivity index (χ0) is 12.8. The summed E-state index contributed by atoms with van der Waals surface area (Å²) in [6.45, 7) is 8.03. The molecule has 0 aromatic carbocycles. The number of aromatic nitrogens is 3. The van der Waals surface area contributed by atoms with Gasteiger partial charge in [0, 0.05) is 20.3 Å². The average molecular weight is 240 g/mol. The monoisotopic (exact) mass is 240 g/mol. The van der Waals surface area contributed by atoms with E-state index in [1.807, 2.05) is 11.7 Å². The van der Waals surface area contributed by atoms with Crippen molar-refractivity contribution < 1.29 is 4.74 Å². The highest BCUT2D eigenvalue weighted by Crippen LogP contribution is 2.22. The molecular weight excluding hydrogens is 216 g/mol. The maximum absolute atomic E-state index is 5.11. The molecule has 0 saturated heterocycles. The Morgan fingerprint density at radius 2 is 2.06 bits per heavy atom. The molecule has 0 amide bonds. The Morgan fingerprint density at radius 3 is 2.59 bits per heavy atom. The summed E-state index contributed by atoms with van der Waals surface area (Å²) in [6.07, 6.45) is 0.957. The van der Waals surface area contributed by atoms with Gasteiger partial charge in [0.25, 0.3) is 0 Å². The average Bonchev–Trinajstić information content (AvgIpc) is 2.70. The zero-order valence-electron chi connectivity index (χ0n) is 11.5. The predicted molar refractivity (Wildman–Crippen MR) is 68.1 cm³/mol. The van der Waals surface area contributed by atoms with E-state index in [-0.39, 0.29) is 0 Å². The number of nitrogens with zero attached hydrogens (tertiary/aromatic N) is 3. The highest BCUT2D eigenvalue weighted by atomic mass is 16.5. The Kier molecular flexibility index (Phi) is 5.58. The molecule has 1 heterocycles. The third-order valence-electron chi connectivity index (χ3n) is 2.85. The maximum Gasteiger partial charge on any atom is 0.0999 e. The first-order valence-electron chi connectivity index (χ1n) is 6.19. The minimum atomic E-state index is 0.324. The summed E-state index contributed by atoms with van der Waals surface area (Å²) >= 11 is 0. The third kappa shape index (κ3) is 3.51. The van der Waals surface area contributed by atoms with E-state index in [0.717, 1.165) is 25.3 Å². The van der Waals surface area contributed by atoms with Gasteiger partial charge < -0.3 is 10.1 Å². The Hall–Kier alpha value is -0.940. The van der Waals surface area contributed by atoms with Crippen molar-refractivity contribution in [3.8, 4) is 0 Å². The van der Waals surface area contributed by atoms with Gasteiger partial charge in [0.05, 0.1) is 17.4 Å². The van der Waals surface area contributed by atoms with Gasteiger partial charge in [-0.15, -0.1) is 5.10 Å². The number of nitrogens with one attached hydrogen (secondary N) is 1. The second-order valence-corrected chi connectivity index (χ2v) is 4.68. The summed E-state index contributed by atoms with van der Waals surface area (Å²) in [5.74, 6) is 0.429. The molecule has 1 unspecified atom stereocenters. The van der Waals surface area contributed by atoms with Gasteiger partial charge in [-0.2, -0.15) is 0 Å². The molecule has 0 saturated carbocycles. The van der Waals surface area contributed by atoms with Crippen LogP contribution in [-0.2, 0) is 11.3 Å². The van der Waals surface area contributed by atoms with E-state index in [4.69, 9.17) is 4.74 Å². The van der Waals surface area contributed by atoms with Crippen LogP contribution in [-0.4, -0.2) is 35.8 Å². The number of rotatable bonds is 7. The third-order valence-corrected chi connectivity index (χ3v) is 2.85. The van der Waals surface area contributed by atoms with E-state index in [1.165, 1.54) is 5.69 Å². The van der Waals surface area contributed by atoms with Crippen LogP contribution in [0, 0.1) is 0 Å². The van der Waals surface area contributed by atoms with Crippen molar-refractivity contribution in [2.45, 2.75) is 45.7 Å². The lowest BCUT2D eigenvalue weighted by Gasteiger charge is -2.17. The molecule has 17 heavy (non-hydrogen) atoms. The summed E-state index contributed by atoms with van der Waals surface area (Å²) in [6, 6.07) is 0.324. The second-order valence-electron chi connectivity index (χ2n) is 4.68. The fraction of sp³-hybridized carbons (Fsp3) is 0.833. The smallest absolute Gasteiger partial charge is 0.0999 e. The van der Waals surface area contributed by atoms with Crippen molar-refractivity contribution in [1.29, 1.82) is 0 Å². The van der Waals surface area contributed by atoms with Gasteiger partial charge in [0.15, 0.2) is 0 Å². The van der Waals surface area contributed by atoms with Gasteiger partial charge in [0.1, 0.15) is 0 Å². The van der Waals surface area contributed by atoms with Gasteiger partial charge in [-0.05, 0) is 26.3 Å². The number of methoxy groups -OCH3 is 1. The molecule has 98 valence electrons. The van der Waals surface area contributed by atoms with Crippen LogP contribution in [0.2, 0.25) is 0 Å². The lowest BCUT2D eigenvalue weighted by molar-refractivity contribution is 0.177. The standard InChI is InChI=1S/C12H24N4O/c1-9(2)12-11(8-13-4)14-15-16(12)10(3)6-7-17-5/h9-10,13H,6-8H2,1-5H3. The van der Waals surface area contributed by atoms with Crippen LogP contribution < -0.4 is 5.32 Å². The summed E-state index contributed by atoms with van der Waals surface area (Å²) < 4.78 is 7.15. The summed E-state index contributed by atoms with van der Waals surface area (Å²) in [7, 11) is 3.65. The Bertz CT molecular complexity index is 335. The Balaban J connectivity index is 2.90. The van der Waals surface area contributed by atoms with Gasteiger partial charge in [-0.1, -0.05) is 19.1 Å². The molecule has 0 radical (unpaired) electrons. The van der Waals surface area contributed by atoms with E-state index in [0.29, 0.717) is 12.0 Å². The van der Waals surface area contributed by atoms with Crippen molar-refractivity contribution >= 4 is 0 Å². The van der Waals surface area contributed by atoms with E-state index >= 15 is 0 Å². The normalized spacial score (nSPS) is 13.3. The van der Waals surface area contributed by atoms with Crippen LogP contribution in [0.15, 0.2) is 0 Å². The lowest BCUT2D eigenvalue weighted by Crippen LogP contribution is -2.15. The maximum atomic E-state index is 5.11. The van der Waals surface area contributed by atoms with Gasteiger partial charge in [-0.3, -0.25) is 0 Å². The van der Waals surface area contributed by atoms with E-state index in [9.17, 15) is 0 Å². The fourth-order valence-electron chi connectivity index (χ4n) is 1.96. The van der Waals surface area contributed by atoms with Gasteiger partial charge in [-0.25, -0.2) is 4.68 Å². The highest BCUT2D eigenvalue weighted by Gasteiger charge is 2.18. The zero-order valence-corrected chi connectivity index (χ0v) is 11.5. The molecule has 0 bridgehead atoms. The molecule has 0 aliphatic rings. The fourth-order valence-corrected chi connectivity index (χ4v) is 1.96. The van der Waals surface area contributed by atoms with E-state index in [1.54, 1.807) is 7.11 Å². The molecule has 0 spiro atoms. The molecule has 5 heteroatoms. The topological polar surface area (TPSA) is 52.0 Å². The molecular formula is C12H24N4O. The highest BCUT2D eigenvalue weighted by molar-refractivity contribution is 5.14. The lowest BCUT2D eigenvalue weighted by atomic mass is 10.1. The molecule has 0 aliphatic heterocycles.